The van der Waals surface area contributed by atoms with Gasteiger partial charge in [0.25, 0.3) is 0 Å². The van der Waals surface area contributed by atoms with Crippen LogP contribution < -0.4 is 0 Å². The quantitative estimate of drug-likeness (QED) is 0.119. The summed E-state index contributed by atoms with van der Waals surface area (Å²) in [6.07, 6.45) is 6.36. The van der Waals surface area contributed by atoms with Crippen molar-refractivity contribution in [3.8, 4) is 5.75 Å². The Labute approximate surface area is 262 Å². The molecule has 0 unspecified atom stereocenters. The third-order valence-corrected chi connectivity index (χ3v) is 10.5. The summed E-state index contributed by atoms with van der Waals surface area (Å²) in [7, 11) is 0. The molecule has 3 aromatic carbocycles. The van der Waals surface area contributed by atoms with Crippen molar-refractivity contribution in [1.29, 1.82) is 0 Å². The first-order valence-corrected chi connectivity index (χ1v) is 16.6. The number of hydrogen-bond donors (Lipinski definition) is 1. The van der Waals surface area contributed by atoms with Gasteiger partial charge in [-0.25, -0.2) is 0 Å². The molecule has 2 fully saturated rings. The van der Waals surface area contributed by atoms with E-state index >= 15 is 0 Å². The second kappa shape index (κ2) is 12.2. The van der Waals surface area contributed by atoms with Crippen LogP contribution in [0.4, 0.5) is 0 Å². The van der Waals surface area contributed by atoms with Gasteiger partial charge in [0.15, 0.2) is 0 Å². The second-order valence-corrected chi connectivity index (χ2v) is 13.2. The first-order valence-electron chi connectivity index (χ1n) is 15.7. The lowest BCUT2D eigenvalue weighted by Crippen LogP contribution is -2.34. The number of aromatic hydroxyl groups is 1. The standard InChI is InChI=1S/C38H37NO4S/c1-2-9-27-21-31-36(38(42)39(37(31)41)22-28-12-8-19-44-28)32-23-43-34(35(27)32)18-16-25(24-10-4-3-5-11-24)20-26-15-17-33(40)30-14-7-6-13-29(26)30/h3-8,10-15,17,19-20,31-32,34,36,40H,2,9,16,18,21-23H2,1H3/b25-20-/t31-,32+,34-,36-/m1/s1. The van der Waals surface area contributed by atoms with Crippen LogP contribution in [0.25, 0.3) is 22.4 Å². The maximum atomic E-state index is 13.8. The van der Waals surface area contributed by atoms with E-state index < -0.39 is 0 Å². The van der Waals surface area contributed by atoms with Gasteiger partial charge in [0.1, 0.15) is 5.75 Å². The van der Waals surface area contributed by atoms with Gasteiger partial charge >= 0.3 is 0 Å². The van der Waals surface area contributed by atoms with Crippen LogP contribution in [-0.4, -0.2) is 34.5 Å². The molecule has 1 N–H and O–H groups in total. The largest absolute Gasteiger partial charge is 0.507 e. The fraction of sp³-hybridized carbons (Fsp3) is 0.316. The Balaban J connectivity index is 1.18. The topological polar surface area (TPSA) is 66.8 Å². The zero-order valence-corrected chi connectivity index (χ0v) is 25.8. The minimum atomic E-state index is -0.324. The molecule has 0 saturated carbocycles. The van der Waals surface area contributed by atoms with Gasteiger partial charge in [-0.3, -0.25) is 14.5 Å². The summed E-state index contributed by atoms with van der Waals surface area (Å²) in [6.45, 7) is 3.05. The molecule has 44 heavy (non-hydrogen) atoms. The van der Waals surface area contributed by atoms with Crippen molar-refractivity contribution in [2.24, 2.45) is 17.8 Å². The number of imide groups is 1. The highest BCUT2D eigenvalue weighted by atomic mass is 32.1. The normalized spacial score (nSPS) is 23.5. The van der Waals surface area contributed by atoms with E-state index in [0.717, 1.165) is 52.5 Å². The SMILES string of the molecule is CCCC1=C2[C@@H](CC/C(=C/c3ccc(O)c4ccccc34)c3ccccc3)OC[C@@H]2[C@@H]2C(=O)N(Cc3cccs3)C(=O)[C@@H]2C1. The number of phenols is 1. The Morgan fingerprint density at radius 3 is 2.52 bits per heavy atom. The molecule has 4 aromatic rings. The molecule has 2 aliphatic heterocycles. The van der Waals surface area contributed by atoms with E-state index in [9.17, 15) is 14.7 Å². The predicted octanol–water partition coefficient (Wildman–Crippen LogP) is 8.24. The smallest absolute Gasteiger partial charge is 0.234 e. The summed E-state index contributed by atoms with van der Waals surface area (Å²) in [5, 5.41) is 14.3. The Kier molecular flexibility index (Phi) is 7.96. The highest BCUT2D eigenvalue weighted by Gasteiger charge is 2.56. The number of likely N-dealkylation sites (tertiary alicyclic amines) is 1. The minimum absolute atomic E-state index is 0.0140. The molecule has 3 aliphatic rings. The van der Waals surface area contributed by atoms with Gasteiger partial charge in [0.2, 0.25) is 11.8 Å². The van der Waals surface area contributed by atoms with E-state index in [4.69, 9.17) is 4.74 Å². The zero-order valence-electron chi connectivity index (χ0n) is 24.9. The predicted molar refractivity (Wildman–Crippen MR) is 176 cm³/mol. The number of benzene rings is 3. The molecular weight excluding hydrogens is 566 g/mol. The number of allylic oxidation sites excluding steroid dienone is 2. The molecule has 1 aliphatic carbocycles. The van der Waals surface area contributed by atoms with Crippen molar-refractivity contribution >= 4 is 45.6 Å². The van der Waals surface area contributed by atoms with Gasteiger partial charge in [0.05, 0.1) is 31.1 Å². The lowest BCUT2D eigenvalue weighted by Gasteiger charge is -2.32. The number of carbonyl (C=O) groups excluding carboxylic acids is 2. The number of amides is 2. The summed E-state index contributed by atoms with van der Waals surface area (Å²) in [5.74, 6) is -0.391. The van der Waals surface area contributed by atoms with Crippen molar-refractivity contribution in [3.05, 3.63) is 111 Å². The van der Waals surface area contributed by atoms with E-state index in [-0.39, 0.29) is 41.4 Å². The molecule has 2 saturated heterocycles. The van der Waals surface area contributed by atoms with Crippen molar-refractivity contribution in [1.82, 2.24) is 4.90 Å². The number of hydrogen-bond acceptors (Lipinski definition) is 5. The average Bonchev–Trinajstić information content (AvgIpc) is 3.78. The van der Waals surface area contributed by atoms with Crippen LogP contribution in [0.15, 0.2) is 95.4 Å². The van der Waals surface area contributed by atoms with E-state index in [2.05, 4.69) is 43.3 Å². The van der Waals surface area contributed by atoms with E-state index in [0.29, 0.717) is 19.6 Å². The fourth-order valence-corrected chi connectivity index (χ4v) is 8.34. The molecule has 4 atom stereocenters. The zero-order chi connectivity index (χ0) is 30.2. The minimum Gasteiger partial charge on any atom is -0.507 e. The molecular formula is C38H37NO4S. The Hall–Kier alpha value is -4.00. The van der Waals surface area contributed by atoms with Gasteiger partial charge in [-0.05, 0) is 70.9 Å². The van der Waals surface area contributed by atoms with Crippen LogP contribution in [0.3, 0.4) is 0 Å². The van der Waals surface area contributed by atoms with Crippen LogP contribution in [0.5, 0.6) is 5.75 Å². The molecule has 0 spiro atoms. The lowest BCUT2D eigenvalue weighted by molar-refractivity contribution is -0.140. The van der Waals surface area contributed by atoms with Gasteiger partial charge < -0.3 is 9.84 Å². The van der Waals surface area contributed by atoms with Crippen molar-refractivity contribution in [2.75, 3.05) is 6.61 Å². The average molecular weight is 604 g/mol. The van der Waals surface area contributed by atoms with Gasteiger partial charge in [0, 0.05) is 16.2 Å². The molecule has 1 aromatic heterocycles. The molecule has 3 heterocycles. The number of fused-ring (bicyclic) bond motifs is 4. The number of thiophene rings is 1. The molecule has 224 valence electrons. The maximum absolute atomic E-state index is 13.8. The first kappa shape index (κ1) is 28.8. The molecule has 0 bridgehead atoms. The van der Waals surface area contributed by atoms with Crippen LogP contribution in [0, 0.1) is 17.8 Å². The van der Waals surface area contributed by atoms with E-state index in [1.807, 2.05) is 47.8 Å². The maximum Gasteiger partial charge on any atom is 0.234 e. The van der Waals surface area contributed by atoms with Gasteiger partial charge in [-0.2, -0.15) is 0 Å². The Bertz CT molecular complexity index is 1760. The van der Waals surface area contributed by atoms with Crippen molar-refractivity contribution in [3.63, 3.8) is 0 Å². The third kappa shape index (κ3) is 5.20. The monoisotopic (exact) mass is 603 g/mol. The number of nitrogens with zero attached hydrogens (tertiary/aromatic N) is 1. The molecule has 6 heteroatoms. The molecule has 5 nitrogen and oxygen atoms in total. The Morgan fingerprint density at radius 1 is 0.955 bits per heavy atom. The van der Waals surface area contributed by atoms with Crippen LogP contribution in [-0.2, 0) is 20.9 Å². The van der Waals surface area contributed by atoms with Crippen molar-refractivity contribution in [2.45, 2.75) is 51.7 Å². The van der Waals surface area contributed by atoms with Crippen LogP contribution in [0.1, 0.15) is 55.0 Å². The number of carbonyl (C=O) groups is 2. The second-order valence-electron chi connectivity index (χ2n) is 12.2. The molecule has 2 amide bonds. The first-order chi connectivity index (χ1) is 21.5. The summed E-state index contributed by atoms with van der Waals surface area (Å²) >= 11 is 1.59. The van der Waals surface area contributed by atoms with E-state index in [1.165, 1.54) is 21.6 Å². The number of ether oxygens (including phenoxy) is 1. The highest BCUT2D eigenvalue weighted by molar-refractivity contribution is 7.09. The number of rotatable bonds is 9. The summed E-state index contributed by atoms with van der Waals surface area (Å²) in [6, 6.07) is 26.1. The van der Waals surface area contributed by atoms with Crippen molar-refractivity contribution < 1.29 is 19.4 Å². The number of phenolic OH excluding ortho intramolecular Hbond substituents is 1. The van der Waals surface area contributed by atoms with Gasteiger partial charge in [-0.15, -0.1) is 11.3 Å². The van der Waals surface area contributed by atoms with E-state index in [1.54, 1.807) is 17.4 Å². The third-order valence-electron chi connectivity index (χ3n) is 9.63. The highest BCUT2D eigenvalue weighted by Crippen LogP contribution is 2.51. The van der Waals surface area contributed by atoms with Crippen LogP contribution >= 0.6 is 11.3 Å². The molecule has 0 radical (unpaired) electrons. The summed E-state index contributed by atoms with van der Waals surface area (Å²) in [5.41, 5.74) is 6.04. The summed E-state index contributed by atoms with van der Waals surface area (Å²) in [4.78, 5) is 29.9. The summed E-state index contributed by atoms with van der Waals surface area (Å²) < 4.78 is 6.53. The van der Waals surface area contributed by atoms with Crippen LogP contribution in [0.2, 0.25) is 0 Å². The fourth-order valence-electron chi connectivity index (χ4n) is 7.65. The lowest BCUT2D eigenvalue weighted by atomic mass is 9.68. The van der Waals surface area contributed by atoms with Gasteiger partial charge in [-0.1, -0.05) is 91.7 Å². The Morgan fingerprint density at radius 2 is 1.75 bits per heavy atom. The molecule has 7 rings (SSSR count).